The van der Waals surface area contributed by atoms with Crippen LogP contribution in [-0.2, 0) is 4.79 Å². The summed E-state index contributed by atoms with van der Waals surface area (Å²) in [5.74, 6) is 0.744. The van der Waals surface area contributed by atoms with E-state index < -0.39 is 0 Å². The molecule has 2 aromatic heterocycles. The Hall–Kier alpha value is -2.24. The van der Waals surface area contributed by atoms with Crippen LogP contribution in [0.5, 0.6) is 0 Å². The maximum Gasteiger partial charge on any atom is 0.250 e. The minimum atomic E-state index is 0.0578. The van der Waals surface area contributed by atoms with Gasteiger partial charge in [0, 0.05) is 11.6 Å². The summed E-state index contributed by atoms with van der Waals surface area (Å²) in [6, 6.07) is 1.96. The highest BCUT2D eigenvalue weighted by molar-refractivity contribution is 5.93. The lowest BCUT2D eigenvalue weighted by molar-refractivity contribution is -0.117. The number of hydrogen-bond donors (Lipinski definition) is 1. The van der Waals surface area contributed by atoms with Crippen molar-refractivity contribution in [1.29, 1.82) is 0 Å². The van der Waals surface area contributed by atoms with Crippen molar-refractivity contribution in [2.75, 3.05) is 5.32 Å². The molecule has 0 saturated heterocycles. The Bertz CT molecular complexity index is 612. The quantitative estimate of drug-likeness (QED) is 0.907. The summed E-state index contributed by atoms with van der Waals surface area (Å²) in [4.78, 5) is 20.1. The van der Waals surface area contributed by atoms with Gasteiger partial charge in [-0.1, -0.05) is 0 Å². The van der Waals surface area contributed by atoms with Crippen molar-refractivity contribution < 1.29 is 4.79 Å². The van der Waals surface area contributed by atoms with Crippen molar-refractivity contribution in [3.05, 3.63) is 29.8 Å². The molecule has 1 fully saturated rings. The fourth-order valence-electron chi connectivity index (χ4n) is 1.92. The van der Waals surface area contributed by atoms with Crippen molar-refractivity contribution >= 4 is 11.6 Å². The van der Waals surface area contributed by atoms with E-state index in [2.05, 4.69) is 20.4 Å². The molecule has 0 bridgehead atoms. The van der Waals surface area contributed by atoms with E-state index in [0.717, 1.165) is 24.2 Å². The molecule has 1 N–H and O–H groups in total. The standard InChI is InChI=1S/C13H15N5O/c1-8-5-9(2)18(17-8)13-14-6-11(7-15-13)16-12(19)10-3-4-10/h5-7,10H,3-4H2,1-2H3,(H,16,19). The molecule has 0 aliphatic heterocycles. The number of nitrogens with zero attached hydrogens (tertiary/aromatic N) is 4. The van der Waals surface area contributed by atoms with Crippen molar-refractivity contribution in [1.82, 2.24) is 19.7 Å². The molecule has 1 amide bonds. The predicted molar refractivity (Wildman–Crippen MR) is 70.0 cm³/mol. The first-order valence-electron chi connectivity index (χ1n) is 6.30. The number of anilines is 1. The summed E-state index contributed by atoms with van der Waals surface area (Å²) in [7, 11) is 0. The van der Waals surface area contributed by atoms with Crippen LogP contribution in [-0.4, -0.2) is 25.7 Å². The van der Waals surface area contributed by atoms with Crippen LogP contribution in [0.1, 0.15) is 24.2 Å². The number of carbonyl (C=O) groups is 1. The number of amides is 1. The fraction of sp³-hybridized carbons (Fsp3) is 0.385. The minimum Gasteiger partial charge on any atom is -0.323 e. The monoisotopic (exact) mass is 257 g/mol. The smallest absolute Gasteiger partial charge is 0.250 e. The molecule has 0 radical (unpaired) electrons. The van der Waals surface area contributed by atoms with E-state index in [-0.39, 0.29) is 11.8 Å². The Kier molecular flexibility index (Phi) is 2.77. The van der Waals surface area contributed by atoms with Crippen LogP contribution in [0.4, 0.5) is 5.69 Å². The van der Waals surface area contributed by atoms with Crippen LogP contribution < -0.4 is 5.32 Å². The maximum absolute atomic E-state index is 11.6. The lowest BCUT2D eigenvalue weighted by Crippen LogP contribution is -2.14. The van der Waals surface area contributed by atoms with Crippen LogP contribution in [0.3, 0.4) is 0 Å². The summed E-state index contributed by atoms with van der Waals surface area (Å²) in [6.07, 6.45) is 5.19. The Morgan fingerprint density at radius 3 is 2.53 bits per heavy atom. The molecule has 19 heavy (non-hydrogen) atoms. The highest BCUT2D eigenvalue weighted by Crippen LogP contribution is 2.29. The number of aryl methyl sites for hydroxylation is 2. The summed E-state index contributed by atoms with van der Waals surface area (Å²) >= 11 is 0. The maximum atomic E-state index is 11.6. The van der Waals surface area contributed by atoms with Crippen molar-refractivity contribution in [3.8, 4) is 5.95 Å². The second-order valence-electron chi connectivity index (χ2n) is 4.87. The lowest BCUT2D eigenvalue weighted by atomic mass is 10.4. The normalized spacial score (nSPS) is 14.4. The van der Waals surface area contributed by atoms with Gasteiger partial charge in [0.15, 0.2) is 0 Å². The topological polar surface area (TPSA) is 72.7 Å². The second-order valence-corrected chi connectivity index (χ2v) is 4.87. The zero-order valence-corrected chi connectivity index (χ0v) is 10.9. The summed E-state index contributed by atoms with van der Waals surface area (Å²) < 4.78 is 1.68. The van der Waals surface area contributed by atoms with Crippen LogP contribution in [0.25, 0.3) is 5.95 Å². The summed E-state index contributed by atoms with van der Waals surface area (Å²) in [6.45, 7) is 3.87. The molecule has 2 heterocycles. The van der Waals surface area contributed by atoms with Gasteiger partial charge in [0.05, 0.1) is 23.8 Å². The molecule has 1 aliphatic carbocycles. The van der Waals surface area contributed by atoms with E-state index >= 15 is 0 Å². The van der Waals surface area contributed by atoms with E-state index in [4.69, 9.17) is 0 Å². The predicted octanol–water partition coefficient (Wildman–Crippen LogP) is 1.63. The molecular formula is C13H15N5O. The molecule has 1 saturated carbocycles. The van der Waals surface area contributed by atoms with Gasteiger partial charge >= 0.3 is 0 Å². The van der Waals surface area contributed by atoms with Crippen LogP contribution >= 0.6 is 0 Å². The number of nitrogens with one attached hydrogen (secondary N) is 1. The molecule has 2 aromatic rings. The van der Waals surface area contributed by atoms with E-state index in [0.29, 0.717) is 11.6 Å². The van der Waals surface area contributed by atoms with E-state index in [1.165, 1.54) is 0 Å². The molecule has 98 valence electrons. The van der Waals surface area contributed by atoms with Gasteiger partial charge in [-0.05, 0) is 32.8 Å². The van der Waals surface area contributed by atoms with E-state index in [1.807, 2.05) is 19.9 Å². The van der Waals surface area contributed by atoms with Gasteiger partial charge in [0.1, 0.15) is 0 Å². The number of hydrogen-bond acceptors (Lipinski definition) is 4. The van der Waals surface area contributed by atoms with Gasteiger partial charge < -0.3 is 5.32 Å². The zero-order chi connectivity index (χ0) is 13.4. The molecule has 6 nitrogen and oxygen atoms in total. The summed E-state index contributed by atoms with van der Waals surface area (Å²) in [5.41, 5.74) is 2.53. The highest BCUT2D eigenvalue weighted by atomic mass is 16.2. The molecule has 0 aromatic carbocycles. The van der Waals surface area contributed by atoms with Crippen molar-refractivity contribution in [3.63, 3.8) is 0 Å². The fourth-order valence-corrected chi connectivity index (χ4v) is 1.92. The summed E-state index contributed by atoms with van der Waals surface area (Å²) in [5, 5.41) is 7.12. The van der Waals surface area contributed by atoms with Gasteiger partial charge in [-0.25, -0.2) is 14.6 Å². The average molecular weight is 257 g/mol. The Labute approximate surface area is 110 Å². The molecular weight excluding hydrogens is 242 g/mol. The van der Waals surface area contributed by atoms with Crippen LogP contribution in [0.2, 0.25) is 0 Å². The lowest BCUT2D eigenvalue weighted by Gasteiger charge is -2.05. The first kappa shape index (κ1) is 11.8. The van der Waals surface area contributed by atoms with Crippen molar-refractivity contribution in [2.45, 2.75) is 26.7 Å². The first-order valence-corrected chi connectivity index (χ1v) is 6.30. The largest absolute Gasteiger partial charge is 0.323 e. The Morgan fingerprint density at radius 2 is 2.00 bits per heavy atom. The Balaban J connectivity index is 1.78. The number of rotatable bonds is 3. The zero-order valence-electron chi connectivity index (χ0n) is 10.9. The van der Waals surface area contributed by atoms with Gasteiger partial charge in [0.2, 0.25) is 5.91 Å². The van der Waals surface area contributed by atoms with Crippen molar-refractivity contribution in [2.24, 2.45) is 5.92 Å². The molecule has 1 aliphatic rings. The van der Waals surface area contributed by atoms with Gasteiger partial charge in [-0.3, -0.25) is 4.79 Å². The van der Waals surface area contributed by atoms with Crippen LogP contribution in [0.15, 0.2) is 18.5 Å². The molecule has 6 heteroatoms. The molecule has 3 rings (SSSR count). The number of aromatic nitrogens is 4. The minimum absolute atomic E-state index is 0.0578. The first-order chi connectivity index (χ1) is 9.13. The van der Waals surface area contributed by atoms with E-state index in [9.17, 15) is 4.79 Å². The van der Waals surface area contributed by atoms with Gasteiger partial charge in [-0.15, -0.1) is 0 Å². The van der Waals surface area contributed by atoms with E-state index in [1.54, 1.807) is 17.1 Å². The number of carbonyl (C=O) groups excluding carboxylic acids is 1. The third kappa shape index (κ3) is 2.47. The highest BCUT2D eigenvalue weighted by Gasteiger charge is 2.29. The Morgan fingerprint density at radius 1 is 1.32 bits per heavy atom. The molecule has 0 spiro atoms. The van der Waals surface area contributed by atoms with Gasteiger partial charge in [0.25, 0.3) is 5.95 Å². The third-order valence-electron chi connectivity index (χ3n) is 3.05. The molecule has 0 atom stereocenters. The third-order valence-corrected chi connectivity index (χ3v) is 3.05. The van der Waals surface area contributed by atoms with Gasteiger partial charge in [-0.2, -0.15) is 5.10 Å². The van der Waals surface area contributed by atoms with Crippen LogP contribution in [0, 0.1) is 19.8 Å². The second kappa shape index (κ2) is 4.46. The average Bonchev–Trinajstić information content (AvgIpc) is 3.16. The molecule has 0 unspecified atom stereocenters. The SMILES string of the molecule is Cc1cc(C)n(-c2ncc(NC(=O)C3CC3)cn2)n1.